The third-order valence-electron chi connectivity index (χ3n) is 3.44. The van der Waals surface area contributed by atoms with E-state index >= 15 is 0 Å². The van der Waals surface area contributed by atoms with Gasteiger partial charge in [0.15, 0.2) is 6.29 Å². The molecular formula is C16H17FN4O. The molecule has 1 aliphatic rings. The van der Waals surface area contributed by atoms with Crippen molar-refractivity contribution < 1.29 is 9.18 Å². The Hall–Kier alpha value is -2.44. The fourth-order valence-electron chi connectivity index (χ4n) is 2.30. The molecule has 2 atom stereocenters. The second-order valence-corrected chi connectivity index (χ2v) is 5.12. The number of nitrogens with one attached hydrogen (secondary N) is 4. The number of rotatable bonds is 4. The first-order chi connectivity index (χ1) is 10.7. The number of benzene rings is 2. The van der Waals surface area contributed by atoms with Crippen LogP contribution >= 0.6 is 0 Å². The molecule has 4 N–H and O–H groups in total. The van der Waals surface area contributed by atoms with E-state index in [-0.39, 0.29) is 18.0 Å². The van der Waals surface area contributed by atoms with E-state index in [0.29, 0.717) is 6.42 Å². The quantitative estimate of drug-likeness (QED) is 0.688. The van der Waals surface area contributed by atoms with Crippen LogP contribution in [0.3, 0.4) is 0 Å². The number of amides is 1. The molecule has 1 aliphatic heterocycles. The van der Waals surface area contributed by atoms with Crippen LogP contribution in [0.1, 0.15) is 5.56 Å². The summed E-state index contributed by atoms with van der Waals surface area (Å²) in [5.74, 6) is -0.397. The van der Waals surface area contributed by atoms with Crippen LogP contribution in [-0.2, 0) is 11.2 Å². The summed E-state index contributed by atoms with van der Waals surface area (Å²) in [6, 6.07) is 15.3. The smallest absolute Gasteiger partial charge is 0.241 e. The summed E-state index contributed by atoms with van der Waals surface area (Å²) in [4.78, 5) is 12.1. The fraction of sp³-hybridized carbons (Fsp3) is 0.188. The fourth-order valence-corrected chi connectivity index (χ4v) is 2.30. The van der Waals surface area contributed by atoms with Gasteiger partial charge in [-0.25, -0.2) is 15.2 Å². The van der Waals surface area contributed by atoms with Gasteiger partial charge in [-0.2, -0.15) is 0 Å². The third-order valence-corrected chi connectivity index (χ3v) is 3.44. The first-order valence-corrected chi connectivity index (χ1v) is 7.08. The van der Waals surface area contributed by atoms with Crippen molar-refractivity contribution in [3.05, 3.63) is 66.0 Å². The molecule has 2 aromatic carbocycles. The molecule has 0 spiro atoms. The van der Waals surface area contributed by atoms with E-state index in [1.54, 1.807) is 12.1 Å². The molecule has 22 heavy (non-hydrogen) atoms. The van der Waals surface area contributed by atoms with Crippen LogP contribution in [0.4, 0.5) is 10.1 Å². The van der Waals surface area contributed by atoms with Crippen LogP contribution in [0.15, 0.2) is 54.6 Å². The summed E-state index contributed by atoms with van der Waals surface area (Å²) >= 11 is 0. The zero-order valence-corrected chi connectivity index (χ0v) is 11.8. The lowest BCUT2D eigenvalue weighted by Crippen LogP contribution is -2.68. The van der Waals surface area contributed by atoms with E-state index in [1.165, 1.54) is 12.1 Å². The summed E-state index contributed by atoms with van der Waals surface area (Å²) in [5.41, 5.74) is 7.79. The van der Waals surface area contributed by atoms with Gasteiger partial charge in [0.25, 0.3) is 0 Å². The van der Waals surface area contributed by atoms with Crippen molar-refractivity contribution in [2.24, 2.45) is 0 Å². The van der Waals surface area contributed by atoms with Gasteiger partial charge in [-0.15, -0.1) is 0 Å². The zero-order valence-electron chi connectivity index (χ0n) is 11.8. The maximum atomic E-state index is 12.9. The molecule has 0 aliphatic carbocycles. The lowest BCUT2D eigenvalue weighted by atomic mass is 10.1. The number of para-hydroxylation sites is 1. The maximum absolute atomic E-state index is 12.9. The Bertz CT molecular complexity index is 632. The molecule has 6 heteroatoms. The number of anilines is 1. The molecule has 2 unspecified atom stereocenters. The molecule has 1 saturated heterocycles. The Labute approximate surface area is 127 Å². The largest absolute Gasteiger partial charge is 0.352 e. The van der Waals surface area contributed by atoms with E-state index in [1.807, 2.05) is 30.3 Å². The van der Waals surface area contributed by atoms with Gasteiger partial charge < -0.3 is 10.6 Å². The van der Waals surface area contributed by atoms with Gasteiger partial charge in [-0.3, -0.25) is 4.79 Å². The van der Waals surface area contributed by atoms with Gasteiger partial charge in [0, 0.05) is 5.69 Å². The van der Waals surface area contributed by atoms with Crippen molar-refractivity contribution in [2.75, 3.05) is 5.32 Å². The molecular weight excluding hydrogens is 283 g/mol. The van der Waals surface area contributed by atoms with Crippen molar-refractivity contribution in [1.29, 1.82) is 0 Å². The Balaban J connectivity index is 1.56. The molecule has 114 valence electrons. The number of carbonyl (C=O) groups is 1. The van der Waals surface area contributed by atoms with Gasteiger partial charge in [-0.1, -0.05) is 30.3 Å². The van der Waals surface area contributed by atoms with E-state index in [9.17, 15) is 9.18 Å². The third kappa shape index (κ3) is 3.60. The van der Waals surface area contributed by atoms with E-state index in [0.717, 1.165) is 11.3 Å². The molecule has 1 amide bonds. The van der Waals surface area contributed by atoms with Crippen molar-refractivity contribution in [3.8, 4) is 0 Å². The van der Waals surface area contributed by atoms with E-state index in [4.69, 9.17) is 0 Å². The Morgan fingerprint density at radius 2 is 1.73 bits per heavy atom. The van der Waals surface area contributed by atoms with Crippen LogP contribution in [0, 0.1) is 5.82 Å². The van der Waals surface area contributed by atoms with Crippen molar-refractivity contribution in [2.45, 2.75) is 18.8 Å². The average Bonchev–Trinajstić information content (AvgIpc) is 2.53. The summed E-state index contributed by atoms with van der Waals surface area (Å²) in [6.45, 7) is 0. The van der Waals surface area contributed by atoms with Crippen LogP contribution < -0.4 is 21.5 Å². The highest BCUT2D eigenvalue weighted by Crippen LogP contribution is 2.09. The standard InChI is InChI=1S/C16H17FN4O/c17-12-8-6-11(7-9-12)10-14-15(22)19-16(21-20-14)18-13-4-2-1-3-5-13/h1-9,14,16,18,20-21H,10H2,(H,19,22). The van der Waals surface area contributed by atoms with Crippen molar-refractivity contribution >= 4 is 11.6 Å². The minimum atomic E-state index is -0.403. The van der Waals surface area contributed by atoms with Gasteiger partial charge in [0.05, 0.1) is 0 Å². The van der Waals surface area contributed by atoms with Crippen molar-refractivity contribution in [1.82, 2.24) is 16.2 Å². The second-order valence-electron chi connectivity index (χ2n) is 5.12. The first-order valence-electron chi connectivity index (χ1n) is 7.08. The topological polar surface area (TPSA) is 65.2 Å². The van der Waals surface area contributed by atoms with Crippen LogP contribution in [0.25, 0.3) is 0 Å². The average molecular weight is 300 g/mol. The lowest BCUT2D eigenvalue weighted by Gasteiger charge is -2.32. The van der Waals surface area contributed by atoms with E-state index in [2.05, 4.69) is 21.5 Å². The number of halogens is 1. The highest BCUT2D eigenvalue weighted by Gasteiger charge is 2.27. The Kier molecular flexibility index (Phi) is 4.32. The van der Waals surface area contributed by atoms with Gasteiger partial charge in [0.2, 0.25) is 5.91 Å². The lowest BCUT2D eigenvalue weighted by molar-refractivity contribution is -0.126. The number of carbonyl (C=O) groups excluding carboxylic acids is 1. The normalized spacial score (nSPS) is 21.2. The van der Waals surface area contributed by atoms with Gasteiger partial charge in [-0.05, 0) is 36.2 Å². The molecule has 0 radical (unpaired) electrons. The first kappa shape index (κ1) is 14.5. The van der Waals surface area contributed by atoms with Crippen molar-refractivity contribution in [3.63, 3.8) is 0 Å². The molecule has 5 nitrogen and oxygen atoms in total. The van der Waals surface area contributed by atoms with Crippen LogP contribution in [-0.4, -0.2) is 18.2 Å². The summed E-state index contributed by atoms with van der Waals surface area (Å²) < 4.78 is 12.9. The highest BCUT2D eigenvalue weighted by atomic mass is 19.1. The van der Waals surface area contributed by atoms with Gasteiger partial charge in [0.1, 0.15) is 11.9 Å². The zero-order chi connectivity index (χ0) is 15.4. The molecule has 0 aromatic heterocycles. The molecule has 2 aromatic rings. The number of hydrogen-bond acceptors (Lipinski definition) is 4. The molecule has 0 bridgehead atoms. The predicted octanol–water partition coefficient (Wildman–Crippen LogP) is 1.36. The Morgan fingerprint density at radius 1 is 1.00 bits per heavy atom. The van der Waals surface area contributed by atoms with E-state index < -0.39 is 6.04 Å². The minimum absolute atomic E-state index is 0.114. The maximum Gasteiger partial charge on any atom is 0.241 e. The summed E-state index contributed by atoms with van der Waals surface area (Å²) in [7, 11) is 0. The summed E-state index contributed by atoms with van der Waals surface area (Å²) in [5, 5.41) is 6.00. The molecule has 1 heterocycles. The minimum Gasteiger partial charge on any atom is -0.352 e. The SMILES string of the molecule is O=C1NC(Nc2ccccc2)NNC1Cc1ccc(F)cc1. The molecule has 0 saturated carbocycles. The second kappa shape index (κ2) is 6.55. The van der Waals surface area contributed by atoms with Crippen LogP contribution in [0.2, 0.25) is 0 Å². The molecule has 3 rings (SSSR count). The van der Waals surface area contributed by atoms with Crippen LogP contribution in [0.5, 0.6) is 0 Å². The monoisotopic (exact) mass is 300 g/mol. The number of hydrogen-bond donors (Lipinski definition) is 4. The molecule has 1 fully saturated rings. The Morgan fingerprint density at radius 3 is 2.41 bits per heavy atom. The predicted molar refractivity (Wildman–Crippen MR) is 82.2 cm³/mol. The highest BCUT2D eigenvalue weighted by molar-refractivity contribution is 5.83. The number of hydrazine groups is 1. The van der Waals surface area contributed by atoms with Gasteiger partial charge >= 0.3 is 0 Å². The summed E-state index contributed by atoms with van der Waals surface area (Å²) in [6.07, 6.45) is 0.0938.